The van der Waals surface area contributed by atoms with Gasteiger partial charge in [-0.25, -0.2) is 19.2 Å². The lowest BCUT2D eigenvalue weighted by atomic mass is 9.81. The third-order valence-corrected chi connectivity index (χ3v) is 10.3. The topological polar surface area (TPSA) is 253 Å². The molecule has 0 amide bonds. The summed E-state index contributed by atoms with van der Waals surface area (Å²) in [6.07, 6.45) is 0. The predicted molar refractivity (Wildman–Crippen MR) is 217 cm³/mol. The van der Waals surface area contributed by atoms with Crippen LogP contribution in [-0.2, 0) is 0 Å². The number of hydrogen-bond donors (Lipinski definition) is 8. The molecular formula is C44H30N4O8. The number of aromatic carboxylic acids is 4. The minimum absolute atomic E-state index is 0.00461. The van der Waals surface area contributed by atoms with Gasteiger partial charge in [-0.2, -0.15) is 0 Å². The van der Waals surface area contributed by atoms with Crippen molar-refractivity contribution in [1.82, 2.24) is 0 Å². The molecule has 0 spiro atoms. The van der Waals surface area contributed by atoms with Gasteiger partial charge in [0.15, 0.2) is 0 Å². The lowest BCUT2D eigenvalue weighted by molar-refractivity contribution is 0.0686. The molecule has 0 unspecified atom stereocenters. The third kappa shape index (κ3) is 5.48. The van der Waals surface area contributed by atoms with Crippen LogP contribution < -0.4 is 22.9 Å². The maximum Gasteiger partial charge on any atom is 0.335 e. The molecule has 12 nitrogen and oxygen atoms in total. The van der Waals surface area contributed by atoms with Gasteiger partial charge in [0.25, 0.3) is 0 Å². The normalized spacial score (nSPS) is 11.4. The summed E-state index contributed by atoms with van der Waals surface area (Å²) >= 11 is 0. The zero-order valence-corrected chi connectivity index (χ0v) is 29.1. The molecule has 0 fully saturated rings. The first-order valence-corrected chi connectivity index (χ1v) is 17.0. The number of carboxylic acid groups (broad SMARTS) is 4. The van der Waals surface area contributed by atoms with Crippen LogP contribution in [0.4, 0.5) is 22.7 Å². The van der Waals surface area contributed by atoms with E-state index >= 15 is 0 Å². The standard InChI is InChI=1S/C44H30N4O8/c45-35-13-19(41(49)50)1-5-23(35)31-17-32(24-6-2-20(42(51)52)14-36(24)46)28-11-12-30-34(26-8-4-22(44(55)56)16-38(26)48)18-33(29-10-9-27(31)39(28)40(29)30)25-7-3-21(43(53)54)15-37(25)47/h1-18H,45-48H2,(H,49,50)(H,51,52)(H,53,54)(H,55,56). The van der Waals surface area contributed by atoms with Crippen molar-refractivity contribution in [2.45, 2.75) is 0 Å². The molecule has 0 atom stereocenters. The van der Waals surface area contributed by atoms with Crippen LogP contribution in [0.15, 0.2) is 109 Å². The number of anilines is 4. The van der Waals surface area contributed by atoms with E-state index in [0.717, 1.165) is 32.3 Å². The van der Waals surface area contributed by atoms with Gasteiger partial charge < -0.3 is 43.4 Å². The van der Waals surface area contributed by atoms with Crippen molar-refractivity contribution in [3.63, 3.8) is 0 Å². The molecule has 0 saturated heterocycles. The number of nitrogens with two attached hydrogens (primary N) is 4. The molecule has 8 rings (SSSR count). The Morgan fingerprint density at radius 1 is 0.304 bits per heavy atom. The average molecular weight is 743 g/mol. The van der Waals surface area contributed by atoms with Gasteiger partial charge in [0.1, 0.15) is 0 Å². The molecule has 12 N–H and O–H groups in total. The second kappa shape index (κ2) is 12.8. The van der Waals surface area contributed by atoms with E-state index in [1.54, 1.807) is 24.3 Å². The Labute approximate surface area is 316 Å². The van der Waals surface area contributed by atoms with Crippen molar-refractivity contribution in [3.05, 3.63) is 131 Å². The van der Waals surface area contributed by atoms with Crippen LogP contribution in [0.2, 0.25) is 0 Å². The van der Waals surface area contributed by atoms with Crippen molar-refractivity contribution in [3.8, 4) is 44.5 Å². The largest absolute Gasteiger partial charge is 0.478 e. The SMILES string of the molecule is Nc1cc(C(=O)O)ccc1-c1cc(-c2ccc(C(=O)O)cc2N)c2ccc3c(-c4ccc(C(=O)O)cc4N)cc(-c4ccc(C(=O)O)cc4N)c4ccc1c2c43. The van der Waals surface area contributed by atoms with Crippen LogP contribution in [0.3, 0.4) is 0 Å². The van der Waals surface area contributed by atoms with E-state index in [-0.39, 0.29) is 45.0 Å². The summed E-state index contributed by atoms with van der Waals surface area (Å²) in [7, 11) is 0. The molecule has 0 aliphatic heterocycles. The van der Waals surface area contributed by atoms with Crippen LogP contribution in [0, 0.1) is 0 Å². The Bertz CT molecular complexity index is 2650. The molecule has 0 saturated carbocycles. The molecule has 0 aliphatic carbocycles. The van der Waals surface area contributed by atoms with Crippen LogP contribution >= 0.6 is 0 Å². The highest BCUT2D eigenvalue weighted by atomic mass is 16.4. The molecule has 0 bridgehead atoms. The molecule has 12 heteroatoms. The first kappa shape index (κ1) is 34.9. The number of benzene rings is 8. The summed E-state index contributed by atoms with van der Waals surface area (Å²) in [6, 6.07) is 29.4. The first-order chi connectivity index (χ1) is 26.7. The Kier molecular flexibility index (Phi) is 7.97. The Balaban J connectivity index is 1.56. The summed E-state index contributed by atoms with van der Waals surface area (Å²) in [4.78, 5) is 47.4. The van der Waals surface area contributed by atoms with Crippen LogP contribution in [0.25, 0.3) is 76.8 Å². The van der Waals surface area contributed by atoms with E-state index in [1.165, 1.54) is 48.5 Å². The molecule has 8 aromatic carbocycles. The summed E-state index contributed by atoms with van der Waals surface area (Å²) in [5, 5.41) is 43.2. The molecule has 0 radical (unpaired) electrons. The summed E-state index contributed by atoms with van der Waals surface area (Å²) in [5.74, 6) is -4.57. The Morgan fingerprint density at radius 3 is 0.696 bits per heavy atom. The highest BCUT2D eigenvalue weighted by Gasteiger charge is 2.24. The third-order valence-electron chi connectivity index (χ3n) is 10.3. The summed E-state index contributed by atoms with van der Waals surface area (Å²) in [5.41, 5.74) is 31.8. The molecule has 0 heterocycles. The number of nitrogen functional groups attached to an aromatic ring is 4. The number of carboxylic acids is 4. The fourth-order valence-corrected chi connectivity index (χ4v) is 7.65. The zero-order chi connectivity index (χ0) is 39.7. The molecule has 274 valence electrons. The maximum absolute atomic E-state index is 11.9. The van der Waals surface area contributed by atoms with Crippen molar-refractivity contribution in [1.29, 1.82) is 0 Å². The van der Waals surface area contributed by atoms with Gasteiger partial charge in [0.2, 0.25) is 0 Å². The first-order valence-electron chi connectivity index (χ1n) is 17.0. The molecular weight excluding hydrogens is 713 g/mol. The second-order valence-electron chi connectivity index (χ2n) is 13.4. The minimum atomic E-state index is -1.14. The van der Waals surface area contributed by atoms with Gasteiger partial charge in [-0.3, -0.25) is 0 Å². The average Bonchev–Trinajstić information content (AvgIpc) is 3.16. The minimum Gasteiger partial charge on any atom is -0.478 e. The van der Waals surface area contributed by atoms with Gasteiger partial charge in [0, 0.05) is 45.0 Å². The number of rotatable bonds is 8. The summed E-state index contributed by atoms with van der Waals surface area (Å²) < 4.78 is 0. The lowest BCUT2D eigenvalue weighted by Gasteiger charge is -2.23. The molecule has 8 aromatic rings. The Hall–Kier alpha value is -8.12. The monoisotopic (exact) mass is 742 g/mol. The Morgan fingerprint density at radius 2 is 0.518 bits per heavy atom. The van der Waals surface area contributed by atoms with Gasteiger partial charge >= 0.3 is 23.9 Å². The van der Waals surface area contributed by atoms with Crippen LogP contribution in [-0.4, -0.2) is 44.3 Å². The highest BCUT2D eigenvalue weighted by molar-refractivity contribution is 6.32. The van der Waals surface area contributed by atoms with Crippen LogP contribution in [0.5, 0.6) is 0 Å². The van der Waals surface area contributed by atoms with Crippen molar-refractivity contribution in [2.75, 3.05) is 22.9 Å². The van der Waals surface area contributed by atoms with E-state index < -0.39 is 23.9 Å². The molecule has 0 aromatic heterocycles. The fourth-order valence-electron chi connectivity index (χ4n) is 7.65. The zero-order valence-electron chi connectivity index (χ0n) is 29.1. The van der Waals surface area contributed by atoms with Gasteiger partial charge in [0.05, 0.1) is 22.3 Å². The van der Waals surface area contributed by atoms with E-state index in [0.29, 0.717) is 44.5 Å². The van der Waals surface area contributed by atoms with Crippen molar-refractivity contribution >= 4 is 78.9 Å². The fraction of sp³-hybridized carbons (Fsp3) is 0. The van der Waals surface area contributed by atoms with E-state index in [1.807, 2.05) is 36.4 Å². The van der Waals surface area contributed by atoms with E-state index in [2.05, 4.69) is 0 Å². The number of hydrogen-bond acceptors (Lipinski definition) is 8. The summed E-state index contributed by atoms with van der Waals surface area (Å²) in [6.45, 7) is 0. The number of carbonyl (C=O) groups is 4. The van der Waals surface area contributed by atoms with Gasteiger partial charge in [-0.05, 0) is 115 Å². The second-order valence-corrected chi connectivity index (χ2v) is 13.4. The highest BCUT2D eigenvalue weighted by Crippen LogP contribution is 2.50. The van der Waals surface area contributed by atoms with Gasteiger partial charge in [-0.15, -0.1) is 0 Å². The quantitative estimate of drug-likeness (QED) is 0.0540. The van der Waals surface area contributed by atoms with Crippen molar-refractivity contribution < 1.29 is 39.6 Å². The van der Waals surface area contributed by atoms with Crippen LogP contribution in [0.1, 0.15) is 41.4 Å². The van der Waals surface area contributed by atoms with Crippen molar-refractivity contribution in [2.24, 2.45) is 0 Å². The predicted octanol–water partition coefficient (Wildman–Crippen LogP) is 8.37. The van der Waals surface area contributed by atoms with Gasteiger partial charge in [-0.1, -0.05) is 48.5 Å². The molecule has 56 heavy (non-hydrogen) atoms. The smallest absolute Gasteiger partial charge is 0.335 e. The van der Waals surface area contributed by atoms with E-state index in [4.69, 9.17) is 22.9 Å². The maximum atomic E-state index is 11.9. The lowest BCUT2D eigenvalue weighted by Crippen LogP contribution is -2.02. The molecule has 0 aliphatic rings. The van der Waals surface area contributed by atoms with E-state index in [9.17, 15) is 39.6 Å².